The quantitative estimate of drug-likeness (QED) is 0.474. The highest BCUT2D eigenvalue weighted by atomic mass is 16.1. The third-order valence-corrected chi connectivity index (χ3v) is 3.26. The number of rotatable bonds is 6. The largest absolute Gasteiger partial charge is 0.300 e. The van der Waals surface area contributed by atoms with Crippen molar-refractivity contribution < 1.29 is 4.79 Å². The Labute approximate surface area is 93.9 Å². The Hall–Kier alpha value is -0.590. The van der Waals surface area contributed by atoms with E-state index in [4.69, 9.17) is 0 Å². The van der Waals surface area contributed by atoms with Crippen LogP contribution in [0.2, 0.25) is 0 Å². The molecule has 0 aromatic heterocycles. The van der Waals surface area contributed by atoms with Gasteiger partial charge in [-0.2, -0.15) is 0 Å². The van der Waals surface area contributed by atoms with Crippen LogP contribution in [0.5, 0.6) is 0 Å². The van der Waals surface area contributed by atoms with Crippen LogP contribution in [0.15, 0.2) is 12.2 Å². The van der Waals surface area contributed by atoms with Crippen molar-refractivity contribution in [2.45, 2.75) is 58.8 Å². The standard InChI is InChI=1S/C14H24O/c1-3-4-5-6-12(2)7-8-13-9-10-14(15)11-13/h7-8,12-13H,3-6,9-11H2,1-2H3/b8-7+/t12-,13+/m1/s1. The molecule has 1 heteroatoms. The van der Waals surface area contributed by atoms with E-state index in [1.807, 2.05) is 0 Å². The minimum Gasteiger partial charge on any atom is -0.300 e. The third-order valence-electron chi connectivity index (χ3n) is 3.26. The van der Waals surface area contributed by atoms with Gasteiger partial charge in [-0.1, -0.05) is 45.3 Å². The fourth-order valence-electron chi connectivity index (χ4n) is 2.17. The lowest BCUT2D eigenvalue weighted by atomic mass is 9.99. The van der Waals surface area contributed by atoms with Gasteiger partial charge in [-0.05, 0) is 24.7 Å². The van der Waals surface area contributed by atoms with Crippen molar-refractivity contribution >= 4 is 5.78 Å². The molecule has 1 aliphatic rings. The summed E-state index contributed by atoms with van der Waals surface area (Å²) in [4.78, 5) is 11.1. The molecule has 15 heavy (non-hydrogen) atoms. The van der Waals surface area contributed by atoms with Crippen molar-refractivity contribution in [1.29, 1.82) is 0 Å². The van der Waals surface area contributed by atoms with Crippen molar-refractivity contribution in [1.82, 2.24) is 0 Å². The molecule has 0 bridgehead atoms. The Morgan fingerprint density at radius 1 is 1.47 bits per heavy atom. The zero-order valence-corrected chi connectivity index (χ0v) is 10.2. The molecular formula is C14H24O. The molecule has 0 N–H and O–H groups in total. The third kappa shape index (κ3) is 5.15. The SMILES string of the molecule is CCCCC[C@@H](C)/C=C/[C@H]1CCC(=O)C1. The van der Waals surface area contributed by atoms with Crippen molar-refractivity contribution in [3.05, 3.63) is 12.2 Å². The molecule has 2 atom stereocenters. The van der Waals surface area contributed by atoms with Gasteiger partial charge in [0, 0.05) is 12.8 Å². The highest BCUT2D eigenvalue weighted by molar-refractivity contribution is 5.80. The number of carbonyl (C=O) groups excluding carboxylic acids is 1. The fourth-order valence-corrected chi connectivity index (χ4v) is 2.17. The second kappa shape index (κ2) is 6.81. The summed E-state index contributed by atoms with van der Waals surface area (Å²) in [6.07, 6.45) is 12.6. The molecule has 0 aromatic carbocycles. The second-order valence-electron chi connectivity index (χ2n) is 4.90. The first-order chi connectivity index (χ1) is 7.22. The minimum atomic E-state index is 0.447. The highest BCUT2D eigenvalue weighted by Gasteiger charge is 2.19. The van der Waals surface area contributed by atoms with E-state index in [-0.39, 0.29) is 0 Å². The molecule has 0 unspecified atom stereocenters. The van der Waals surface area contributed by atoms with Crippen LogP contribution < -0.4 is 0 Å². The molecular weight excluding hydrogens is 184 g/mol. The molecule has 1 rings (SSSR count). The van der Waals surface area contributed by atoms with Gasteiger partial charge < -0.3 is 0 Å². The normalized spacial score (nSPS) is 23.9. The predicted molar refractivity (Wildman–Crippen MR) is 64.8 cm³/mol. The van der Waals surface area contributed by atoms with Crippen LogP contribution in [0, 0.1) is 11.8 Å². The van der Waals surface area contributed by atoms with Crippen molar-refractivity contribution in [2.75, 3.05) is 0 Å². The van der Waals surface area contributed by atoms with Gasteiger partial charge in [0.05, 0.1) is 0 Å². The van der Waals surface area contributed by atoms with E-state index in [0.29, 0.717) is 17.6 Å². The van der Waals surface area contributed by atoms with Crippen LogP contribution in [0.25, 0.3) is 0 Å². The van der Waals surface area contributed by atoms with Gasteiger partial charge in [-0.15, -0.1) is 0 Å². The number of hydrogen-bond donors (Lipinski definition) is 0. The van der Waals surface area contributed by atoms with E-state index in [1.54, 1.807) is 0 Å². The summed E-state index contributed by atoms with van der Waals surface area (Å²) in [5.41, 5.74) is 0. The molecule has 1 aliphatic carbocycles. The summed E-state index contributed by atoms with van der Waals surface area (Å²) in [7, 11) is 0. The molecule has 0 radical (unpaired) electrons. The van der Waals surface area contributed by atoms with Crippen LogP contribution in [0.1, 0.15) is 58.8 Å². The lowest BCUT2D eigenvalue weighted by Gasteiger charge is -2.06. The smallest absolute Gasteiger partial charge is 0.133 e. The number of hydrogen-bond acceptors (Lipinski definition) is 1. The van der Waals surface area contributed by atoms with Crippen LogP contribution >= 0.6 is 0 Å². The molecule has 1 fully saturated rings. The first kappa shape index (κ1) is 12.5. The summed E-state index contributed by atoms with van der Waals surface area (Å²) >= 11 is 0. The molecule has 86 valence electrons. The number of unbranched alkanes of at least 4 members (excludes halogenated alkanes) is 2. The van der Waals surface area contributed by atoms with Crippen molar-refractivity contribution in [3.8, 4) is 0 Å². The Morgan fingerprint density at radius 3 is 2.87 bits per heavy atom. The molecule has 0 aromatic rings. The minimum absolute atomic E-state index is 0.447. The summed E-state index contributed by atoms with van der Waals surface area (Å²) in [5, 5.41) is 0. The van der Waals surface area contributed by atoms with Gasteiger partial charge in [-0.25, -0.2) is 0 Å². The lowest BCUT2D eigenvalue weighted by Crippen LogP contribution is -1.94. The lowest BCUT2D eigenvalue weighted by molar-refractivity contribution is -0.117. The van der Waals surface area contributed by atoms with E-state index in [2.05, 4.69) is 26.0 Å². The van der Waals surface area contributed by atoms with Gasteiger partial charge in [-0.3, -0.25) is 4.79 Å². The van der Waals surface area contributed by atoms with Crippen molar-refractivity contribution in [2.24, 2.45) is 11.8 Å². The highest BCUT2D eigenvalue weighted by Crippen LogP contribution is 2.24. The summed E-state index contributed by atoms with van der Waals surface area (Å²) < 4.78 is 0. The van der Waals surface area contributed by atoms with E-state index in [1.165, 1.54) is 25.7 Å². The zero-order chi connectivity index (χ0) is 11.1. The Kier molecular flexibility index (Phi) is 5.67. The maximum Gasteiger partial charge on any atom is 0.133 e. The summed E-state index contributed by atoms with van der Waals surface area (Å²) in [5.74, 6) is 1.68. The Morgan fingerprint density at radius 2 is 2.27 bits per heavy atom. The molecule has 0 aliphatic heterocycles. The topological polar surface area (TPSA) is 17.1 Å². The Balaban J connectivity index is 2.16. The number of Topliss-reactive ketones (excluding diaryl/α,β-unsaturated/α-hetero) is 1. The van der Waals surface area contributed by atoms with Crippen LogP contribution in [-0.4, -0.2) is 5.78 Å². The van der Waals surface area contributed by atoms with Gasteiger partial charge in [0.2, 0.25) is 0 Å². The van der Waals surface area contributed by atoms with Gasteiger partial charge in [0.1, 0.15) is 5.78 Å². The summed E-state index contributed by atoms with van der Waals surface area (Å²) in [6.45, 7) is 4.52. The van der Waals surface area contributed by atoms with Crippen LogP contribution in [0.3, 0.4) is 0 Å². The van der Waals surface area contributed by atoms with Crippen LogP contribution in [0.4, 0.5) is 0 Å². The molecule has 1 saturated carbocycles. The maximum atomic E-state index is 11.1. The van der Waals surface area contributed by atoms with E-state index in [9.17, 15) is 4.79 Å². The van der Waals surface area contributed by atoms with Gasteiger partial charge >= 0.3 is 0 Å². The maximum absolute atomic E-state index is 11.1. The van der Waals surface area contributed by atoms with Gasteiger partial charge in [0.25, 0.3) is 0 Å². The molecule has 1 nitrogen and oxygen atoms in total. The van der Waals surface area contributed by atoms with Gasteiger partial charge in [0.15, 0.2) is 0 Å². The number of ketones is 1. The predicted octanol–water partition coefficient (Wildman–Crippen LogP) is 4.13. The molecule has 0 heterocycles. The van der Waals surface area contributed by atoms with Crippen molar-refractivity contribution in [3.63, 3.8) is 0 Å². The van der Waals surface area contributed by atoms with E-state index >= 15 is 0 Å². The molecule has 0 spiro atoms. The summed E-state index contributed by atoms with van der Waals surface area (Å²) in [6, 6.07) is 0. The number of carbonyl (C=O) groups is 1. The number of allylic oxidation sites excluding steroid dienone is 2. The first-order valence-corrected chi connectivity index (χ1v) is 6.42. The fraction of sp³-hybridized carbons (Fsp3) is 0.786. The average molecular weight is 208 g/mol. The second-order valence-corrected chi connectivity index (χ2v) is 4.90. The first-order valence-electron chi connectivity index (χ1n) is 6.42. The zero-order valence-electron chi connectivity index (χ0n) is 10.2. The molecule has 0 amide bonds. The van der Waals surface area contributed by atoms with E-state index in [0.717, 1.165) is 19.3 Å². The van der Waals surface area contributed by atoms with Crippen LogP contribution in [-0.2, 0) is 4.79 Å². The average Bonchev–Trinajstić information content (AvgIpc) is 2.62. The van der Waals surface area contributed by atoms with E-state index < -0.39 is 0 Å². The molecule has 0 saturated heterocycles. The monoisotopic (exact) mass is 208 g/mol. The Bertz CT molecular complexity index is 217.